The molecule has 3 heteroatoms. The second-order valence-electron chi connectivity index (χ2n) is 4.06. The van der Waals surface area contributed by atoms with Gasteiger partial charge in [-0.05, 0) is 43.7 Å². The number of nitrogens with two attached hydrogens (primary N) is 1. The molecule has 3 nitrogen and oxygen atoms in total. The zero-order chi connectivity index (χ0) is 10.8. The van der Waals surface area contributed by atoms with Gasteiger partial charge in [0.2, 0.25) is 5.88 Å². The van der Waals surface area contributed by atoms with E-state index in [1.807, 2.05) is 0 Å². The maximum absolute atomic E-state index is 5.74. The Bertz CT molecular complexity index is 360. The van der Waals surface area contributed by atoms with E-state index in [1.54, 1.807) is 7.11 Å². The van der Waals surface area contributed by atoms with Gasteiger partial charge in [-0.25, -0.2) is 4.98 Å². The third kappa shape index (κ3) is 1.72. The van der Waals surface area contributed by atoms with Crippen LogP contribution in [-0.4, -0.2) is 12.1 Å². The van der Waals surface area contributed by atoms with E-state index in [0.29, 0.717) is 6.54 Å². The number of aromatic nitrogens is 1. The molecule has 0 spiro atoms. The molecule has 0 atom stereocenters. The van der Waals surface area contributed by atoms with Gasteiger partial charge in [-0.3, -0.25) is 0 Å². The van der Waals surface area contributed by atoms with Crippen molar-refractivity contribution in [3.63, 3.8) is 0 Å². The van der Waals surface area contributed by atoms with Crippen molar-refractivity contribution in [1.29, 1.82) is 0 Å². The van der Waals surface area contributed by atoms with Gasteiger partial charge < -0.3 is 10.5 Å². The second-order valence-corrected chi connectivity index (χ2v) is 4.06. The highest BCUT2D eigenvalue weighted by Crippen LogP contribution is 2.29. The molecule has 1 aromatic rings. The lowest BCUT2D eigenvalue weighted by molar-refractivity contribution is 0.388. The van der Waals surface area contributed by atoms with E-state index in [1.165, 1.54) is 29.7 Å². The highest BCUT2D eigenvalue weighted by atomic mass is 16.5. The molecule has 15 heavy (non-hydrogen) atoms. The number of hydrogen-bond donors (Lipinski definition) is 1. The molecule has 1 aliphatic rings. The van der Waals surface area contributed by atoms with Crippen molar-refractivity contribution in [1.82, 2.24) is 4.98 Å². The zero-order valence-corrected chi connectivity index (χ0v) is 9.47. The summed E-state index contributed by atoms with van der Waals surface area (Å²) in [6.45, 7) is 2.64. The molecule has 0 saturated carbocycles. The minimum atomic E-state index is 0.509. The Kier molecular flexibility index (Phi) is 2.91. The molecule has 0 radical (unpaired) electrons. The van der Waals surface area contributed by atoms with Crippen LogP contribution in [0.25, 0.3) is 0 Å². The van der Waals surface area contributed by atoms with Gasteiger partial charge in [-0.1, -0.05) is 0 Å². The molecule has 0 fully saturated rings. The molecule has 0 saturated heterocycles. The lowest BCUT2D eigenvalue weighted by atomic mass is 9.90. The van der Waals surface area contributed by atoms with Crippen LogP contribution in [0.4, 0.5) is 0 Å². The molecule has 82 valence electrons. The topological polar surface area (TPSA) is 48.1 Å². The summed E-state index contributed by atoms with van der Waals surface area (Å²) in [6.07, 6.45) is 4.74. The Morgan fingerprint density at radius 1 is 1.33 bits per heavy atom. The Labute approximate surface area is 90.7 Å². The van der Waals surface area contributed by atoms with Crippen molar-refractivity contribution in [3.05, 3.63) is 22.4 Å². The molecule has 1 heterocycles. The van der Waals surface area contributed by atoms with E-state index in [-0.39, 0.29) is 0 Å². The Balaban J connectivity index is 2.57. The normalized spacial score (nSPS) is 14.9. The molecule has 0 aromatic carbocycles. The first-order valence-corrected chi connectivity index (χ1v) is 5.53. The first-order chi connectivity index (χ1) is 7.27. The predicted octanol–water partition coefficient (Wildman–Crippen LogP) is 1.74. The average Bonchev–Trinajstić information content (AvgIpc) is 2.29. The van der Waals surface area contributed by atoms with Crippen LogP contribution in [0.2, 0.25) is 0 Å². The van der Waals surface area contributed by atoms with E-state index in [0.717, 1.165) is 24.3 Å². The molecule has 0 bridgehead atoms. The summed E-state index contributed by atoms with van der Waals surface area (Å²) in [5.41, 5.74) is 10.7. The number of hydrogen-bond acceptors (Lipinski definition) is 3. The minimum absolute atomic E-state index is 0.509. The van der Waals surface area contributed by atoms with Crippen molar-refractivity contribution in [2.45, 2.75) is 39.2 Å². The van der Waals surface area contributed by atoms with Crippen LogP contribution in [0.5, 0.6) is 5.88 Å². The number of nitrogens with zero attached hydrogens (tertiary/aromatic N) is 1. The van der Waals surface area contributed by atoms with E-state index >= 15 is 0 Å². The highest BCUT2D eigenvalue weighted by molar-refractivity contribution is 5.43. The maximum atomic E-state index is 5.74. The fraction of sp³-hybridized carbons (Fsp3) is 0.583. The van der Waals surface area contributed by atoms with Crippen molar-refractivity contribution in [3.8, 4) is 5.88 Å². The van der Waals surface area contributed by atoms with Gasteiger partial charge in [0.25, 0.3) is 0 Å². The lowest BCUT2D eigenvalue weighted by Crippen LogP contribution is -2.13. The predicted molar refractivity (Wildman–Crippen MR) is 60.1 cm³/mol. The van der Waals surface area contributed by atoms with Crippen molar-refractivity contribution < 1.29 is 4.74 Å². The van der Waals surface area contributed by atoms with E-state index in [4.69, 9.17) is 10.5 Å². The molecule has 2 rings (SSSR count). The van der Waals surface area contributed by atoms with E-state index < -0.39 is 0 Å². The van der Waals surface area contributed by atoms with Crippen LogP contribution < -0.4 is 10.5 Å². The molecular formula is C12H18N2O. The quantitative estimate of drug-likeness (QED) is 0.801. The summed E-state index contributed by atoms with van der Waals surface area (Å²) in [4.78, 5) is 4.56. The van der Waals surface area contributed by atoms with Gasteiger partial charge in [-0.15, -0.1) is 0 Å². The first-order valence-electron chi connectivity index (χ1n) is 5.53. The number of methoxy groups -OCH3 is 1. The third-order valence-electron chi connectivity index (χ3n) is 3.24. The molecular weight excluding hydrogens is 188 g/mol. The van der Waals surface area contributed by atoms with Crippen molar-refractivity contribution in [2.24, 2.45) is 5.73 Å². The van der Waals surface area contributed by atoms with Gasteiger partial charge in [0.05, 0.1) is 7.11 Å². The van der Waals surface area contributed by atoms with Gasteiger partial charge in [0.15, 0.2) is 0 Å². The number of pyridine rings is 1. The number of rotatable bonds is 2. The van der Waals surface area contributed by atoms with Gasteiger partial charge >= 0.3 is 0 Å². The van der Waals surface area contributed by atoms with Crippen LogP contribution in [0.1, 0.15) is 35.2 Å². The third-order valence-corrected chi connectivity index (χ3v) is 3.24. The highest BCUT2D eigenvalue weighted by Gasteiger charge is 2.18. The summed E-state index contributed by atoms with van der Waals surface area (Å²) in [5, 5.41) is 0. The van der Waals surface area contributed by atoms with Crippen molar-refractivity contribution in [2.75, 3.05) is 7.11 Å². The molecule has 0 amide bonds. The number of aryl methyl sites for hydroxylation is 1. The zero-order valence-electron chi connectivity index (χ0n) is 9.47. The fourth-order valence-electron chi connectivity index (χ4n) is 2.36. The van der Waals surface area contributed by atoms with Crippen LogP contribution in [-0.2, 0) is 19.4 Å². The van der Waals surface area contributed by atoms with Crippen LogP contribution >= 0.6 is 0 Å². The van der Waals surface area contributed by atoms with E-state index in [2.05, 4.69) is 11.9 Å². The molecule has 1 aliphatic carbocycles. The Hall–Kier alpha value is -1.09. The SMILES string of the molecule is COc1nc2c(c(C)c1CN)CCCC2. The smallest absolute Gasteiger partial charge is 0.218 e. The van der Waals surface area contributed by atoms with Crippen molar-refractivity contribution >= 4 is 0 Å². The largest absolute Gasteiger partial charge is 0.481 e. The summed E-state index contributed by atoms with van der Waals surface area (Å²) < 4.78 is 5.29. The van der Waals surface area contributed by atoms with Gasteiger partial charge in [0.1, 0.15) is 0 Å². The second kappa shape index (κ2) is 4.19. The number of ether oxygens (including phenoxy) is 1. The molecule has 0 unspecified atom stereocenters. The van der Waals surface area contributed by atoms with E-state index in [9.17, 15) is 0 Å². The first kappa shape index (κ1) is 10.4. The van der Waals surface area contributed by atoms with Gasteiger partial charge in [-0.2, -0.15) is 0 Å². The van der Waals surface area contributed by atoms with Gasteiger partial charge in [0, 0.05) is 17.8 Å². The van der Waals surface area contributed by atoms with Crippen LogP contribution in [0.15, 0.2) is 0 Å². The average molecular weight is 206 g/mol. The molecule has 0 aliphatic heterocycles. The number of fused-ring (bicyclic) bond motifs is 1. The monoisotopic (exact) mass is 206 g/mol. The Morgan fingerprint density at radius 2 is 2.07 bits per heavy atom. The fourth-order valence-corrected chi connectivity index (χ4v) is 2.36. The lowest BCUT2D eigenvalue weighted by Gasteiger charge is -2.21. The molecule has 2 N–H and O–H groups in total. The maximum Gasteiger partial charge on any atom is 0.218 e. The summed E-state index contributed by atoms with van der Waals surface area (Å²) in [6, 6.07) is 0. The molecule has 1 aromatic heterocycles. The van der Waals surface area contributed by atoms with Crippen LogP contribution in [0.3, 0.4) is 0 Å². The summed E-state index contributed by atoms with van der Waals surface area (Å²) >= 11 is 0. The minimum Gasteiger partial charge on any atom is -0.481 e. The Morgan fingerprint density at radius 3 is 2.73 bits per heavy atom. The summed E-state index contributed by atoms with van der Waals surface area (Å²) in [7, 11) is 1.66. The standard InChI is InChI=1S/C12H18N2O/c1-8-9-5-3-4-6-11(9)14-12(15-2)10(8)7-13/h3-7,13H2,1-2H3. The summed E-state index contributed by atoms with van der Waals surface area (Å²) in [5.74, 6) is 0.718. The van der Waals surface area contributed by atoms with Crippen LogP contribution in [0, 0.1) is 6.92 Å².